The van der Waals surface area contributed by atoms with E-state index in [2.05, 4.69) is 254 Å². The number of para-hydroxylation sites is 1. The van der Waals surface area contributed by atoms with E-state index >= 15 is 0 Å². The quantitative estimate of drug-likeness (QED) is 0.121. The van der Waals surface area contributed by atoms with Crippen molar-refractivity contribution in [2.24, 2.45) is 5.41 Å². The van der Waals surface area contributed by atoms with Gasteiger partial charge in [0.1, 0.15) is 0 Å². The third-order valence-electron chi connectivity index (χ3n) is 18.7. The Morgan fingerprint density at radius 3 is 2.06 bits per heavy atom. The van der Waals surface area contributed by atoms with Crippen molar-refractivity contribution in [3.05, 3.63) is 268 Å². The zero-order valence-corrected chi connectivity index (χ0v) is 55.3. The van der Waals surface area contributed by atoms with Gasteiger partial charge in [-0.15, -0.1) is 0 Å². The third-order valence-corrected chi connectivity index (χ3v) is 18.7. The first-order valence-electron chi connectivity index (χ1n) is 33.2. The smallest absolute Gasteiger partial charge is 0.0547 e. The molecule has 1 heterocycles. The van der Waals surface area contributed by atoms with Gasteiger partial charge < -0.3 is 9.88 Å². The minimum atomic E-state index is 0.00540. The molecule has 0 aliphatic heterocycles. The molecule has 13 rings (SSSR count). The van der Waals surface area contributed by atoms with E-state index in [4.69, 9.17) is 0 Å². The van der Waals surface area contributed by atoms with Crippen molar-refractivity contribution >= 4 is 50.0 Å². The predicted molar refractivity (Wildman–Crippen MR) is 385 cm³/mol. The van der Waals surface area contributed by atoms with Crippen LogP contribution in [-0.2, 0) is 5.41 Å². The van der Waals surface area contributed by atoms with Crippen LogP contribution in [0.15, 0.2) is 240 Å². The van der Waals surface area contributed by atoms with E-state index in [0.29, 0.717) is 5.92 Å². The van der Waals surface area contributed by atoms with Crippen LogP contribution in [0, 0.1) is 12.3 Å². The van der Waals surface area contributed by atoms with Gasteiger partial charge in [-0.05, 0) is 209 Å². The summed E-state index contributed by atoms with van der Waals surface area (Å²) in [6.45, 7) is 34.6. The molecule has 0 spiro atoms. The molecule has 6 aromatic carbocycles. The number of aryl methyl sites for hydroxylation is 1. The summed E-state index contributed by atoms with van der Waals surface area (Å²) in [5.41, 5.74) is 32.1. The van der Waals surface area contributed by atoms with Crippen LogP contribution in [0.25, 0.3) is 60.9 Å². The normalized spacial score (nSPS) is 17.2. The molecule has 0 saturated carbocycles. The maximum absolute atomic E-state index is 3.80. The van der Waals surface area contributed by atoms with Gasteiger partial charge in [0, 0.05) is 38.7 Å². The average Bonchev–Trinajstić information content (AvgIpc) is 1.63. The molecule has 0 amide bonds. The molecule has 448 valence electrons. The number of nitrogens with zero attached hydrogens (tertiary/aromatic N) is 1. The van der Waals surface area contributed by atoms with E-state index in [1.165, 1.54) is 135 Å². The Morgan fingerprint density at radius 1 is 0.644 bits per heavy atom. The van der Waals surface area contributed by atoms with Crippen molar-refractivity contribution in [2.75, 3.05) is 5.32 Å². The minimum Gasteiger partial charge on any atom is -0.355 e. The summed E-state index contributed by atoms with van der Waals surface area (Å²) in [4.78, 5) is 0. The van der Waals surface area contributed by atoms with Gasteiger partial charge in [0.15, 0.2) is 0 Å². The number of hydrogen-bond acceptors (Lipinski definition) is 1. The number of anilines is 2. The summed E-state index contributed by atoms with van der Waals surface area (Å²) < 4.78 is 2.48. The fraction of sp³-hybridized carbons (Fsp3) is 0.318. The molecule has 0 bridgehead atoms. The lowest BCUT2D eigenvalue weighted by atomic mass is 9.74. The van der Waals surface area contributed by atoms with Crippen LogP contribution >= 0.6 is 0 Å². The first kappa shape index (κ1) is 63.6. The predicted octanol–water partition coefficient (Wildman–Crippen LogP) is 25.7. The van der Waals surface area contributed by atoms with Crippen molar-refractivity contribution in [3.63, 3.8) is 0 Å². The molecule has 1 aromatic heterocycles. The summed E-state index contributed by atoms with van der Waals surface area (Å²) in [6, 6.07) is 47.3. The molecule has 87 heavy (non-hydrogen) atoms. The monoisotopic (exact) mass is 1150 g/mol. The van der Waals surface area contributed by atoms with Gasteiger partial charge in [-0.2, -0.15) is 0 Å². The second-order valence-corrected chi connectivity index (χ2v) is 24.5. The highest BCUT2D eigenvalue weighted by atomic mass is 15.0. The Bertz CT molecular complexity index is 4000. The summed E-state index contributed by atoms with van der Waals surface area (Å²) in [5.74, 6) is 0.481. The molecule has 1 unspecified atom stereocenters. The lowest BCUT2D eigenvalue weighted by molar-refractivity contribution is 0.531. The van der Waals surface area contributed by atoms with E-state index in [1.54, 1.807) is 11.1 Å². The van der Waals surface area contributed by atoms with Crippen LogP contribution in [0.4, 0.5) is 11.4 Å². The zero-order valence-electron chi connectivity index (χ0n) is 55.3. The van der Waals surface area contributed by atoms with Crippen LogP contribution in [0.1, 0.15) is 188 Å². The molecule has 2 heteroatoms. The van der Waals surface area contributed by atoms with Crippen LogP contribution in [0.5, 0.6) is 0 Å². The molecule has 0 saturated heterocycles. The second kappa shape index (κ2) is 28.3. The van der Waals surface area contributed by atoms with Gasteiger partial charge in [-0.25, -0.2) is 0 Å². The summed E-state index contributed by atoms with van der Waals surface area (Å²) in [7, 11) is 0. The van der Waals surface area contributed by atoms with Crippen molar-refractivity contribution in [1.82, 2.24) is 4.57 Å². The molecular formula is C85H98N2. The Balaban J connectivity index is 0.000000191. The number of fused-ring (bicyclic) bond motifs is 7. The van der Waals surface area contributed by atoms with Gasteiger partial charge in [0.25, 0.3) is 0 Å². The van der Waals surface area contributed by atoms with Gasteiger partial charge >= 0.3 is 0 Å². The van der Waals surface area contributed by atoms with E-state index in [1.807, 2.05) is 53.7 Å². The topological polar surface area (TPSA) is 17.0 Å². The summed E-state index contributed by atoms with van der Waals surface area (Å²) >= 11 is 0. The molecule has 0 radical (unpaired) electrons. The molecular weight excluding hydrogens is 1050 g/mol. The standard InChI is InChI=1S/C40H39N.C39H41N.3C2H6/c1-5-6-8-14-27(2)28-22-24-35-34(25-28)32-23-21-29(26-36(32)40(35,3)4)31-18-13-20-38-39(31)33-17-11-12-19-37(33)41(38)30-15-9-7-10-16-30;1-6-13-27(3)37-31(17-11-18-33(37)30-15-8-7-14-26(30)2)28-22-24-29(25-23-28)40-36-21-12-19-34-32-16-9-10-20-35(32)39(4,5)38(34)36;3*1-2/h5-6,8-9,11-20,25-26H,1,7,10,21-24H2,2-4H3;7-8,11-12,14-25,27,40H,6,9-10,13H2,1-5H3;3*1-2H3/b8-6-,27-14+;;;;. The second-order valence-electron chi connectivity index (χ2n) is 24.5. The largest absolute Gasteiger partial charge is 0.355 e. The van der Waals surface area contributed by atoms with E-state index < -0.39 is 0 Å². The summed E-state index contributed by atoms with van der Waals surface area (Å²) in [6.07, 6.45) is 36.4. The van der Waals surface area contributed by atoms with Gasteiger partial charge in [-0.1, -0.05) is 259 Å². The Morgan fingerprint density at radius 2 is 1.31 bits per heavy atom. The maximum atomic E-state index is 3.80. The molecule has 6 aliphatic rings. The van der Waals surface area contributed by atoms with Crippen LogP contribution in [0.2, 0.25) is 0 Å². The Labute approximate surface area is 524 Å². The number of rotatable bonds is 12. The molecule has 1 N–H and O–H groups in total. The lowest BCUT2D eigenvalue weighted by Gasteiger charge is -2.29. The molecule has 7 aromatic rings. The Kier molecular flexibility index (Phi) is 20.6. The van der Waals surface area contributed by atoms with E-state index in [0.717, 1.165) is 57.1 Å². The Hall–Kier alpha value is -7.94. The van der Waals surface area contributed by atoms with Crippen LogP contribution in [-0.4, -0.2) is 4.57 Å². The highest BCUT2D eigenvalue weighted by Crippen LogP contribution is 2.57. The van der Waals surface area contributed by atoms with Crippen LogP contribution < -0.4 is 5.32 Å². The van der Waals surface area contributed by atoms with Crippen molar-refractivity contribution < 1.29 is 0 Å². The number of aromatic nitrogens is 1. The van der Waals surface area contributed by atoms with Gasteiger partial charge in [0.2, 0.25) is 0 Å². The van der Waals surface area contributed by atoms with Gasteiger partial charge in [0.05, 0.1) is 11.0 Å². The molecule has 1 atom stereocenters. The van der Waals surface area contributed by atoms with Gasteiger partial charge in [-0.3, -0.25) is 0 Å². The first-order valence-corrected chi connectivity index (χ1v) is 33.2. The first-order chi connectivity index (χ1) is 42.4. The van der Waals surface area contributed by atoms with Crippen LogP contribution in [0.3, 0.4) is 0 Å². The number of hydrogen-bond donors (Lipinski definition) is 1. The lowest BCUT2D eigenvalue weighted by Crippen LogP contribution is -2.17. The molecule has 0 fully saturated rings. The summed E-state index contributed by atoms with van der Waals surface area (Å²) in [5, 5.41) is 6.54. The molecule has 2 nitrogen and oxygen atoms in total. The highest BCUT2D eigenvalue weighted by molar-refractivity contribution is 6.15. The number of nitrogens with one attached hydrogen (secondary N) is 1. The SMILES string of the molecule is C=C/C=C\C=C(/C)C1=CC2=C(CC1)C(C)(C)C1=C2CCC(c2cccc3c2c2ccccc2n3C2=CCCC=C2)=C1.CC.CC.CC.CCCC(C)c1c(-c2ccc(Nc3cccc4c3C(C)(C)C3=CCCC=C34)cc2)cccc1-c1ccccc1C. The van der Waals surface area contributed by atoms with Crippen molar-refractivity contribution in [3.8, 4) is 22.3 Å². The zero-order chi connectivity index (χ0) is 62.0. The number of benzene rings is 6. The third kappa shape index (κ3) is 12.4. The minimum absolute atomic E-state index is 0.00540. The fourth-order valence-corrected chi connectivity index (χ4v) is 14.7. The average molecular weight is 1150 g/mol. The maximum Gasteiger partial charge on any atom is 0.0547 e. The molecule has 6 aliphatic carbocycles. The van der Waals surface area contributed by atoms with E-state index in [-0.39, 0.29) is 10.8 Å². The number of allylic oxidation sites excluding steroid dienone is 21. The fourth-order valence-electron chi connectivity index (χ4n) is 14.7. The highest BCUT2D eigenvalue weighted by Gasteiger charge is 2.42. The van der Waals surface area contributed by atoms with Crippen molar-refractivity contribution in [2.45, 2.75) is 172 Å². The van der Waals surface area contributed by atoms with Crippen molar-refractivity contribution in [1.29, 1.82) is 0 Å². The van der Waals surface area contributed by atoms with E-state index in [9.17, 15) is 0 Å².